The molecule has 0 aromatic heterocycles. The SMILES string of the molecule is CCNC(=O)Oc1ccc(NS(=O)(=O)c2ccc(O)c(C(N)=O)c2)cc1. The highest BCUT2D eigenvalue weighted by Crippen LogP contribution is 2.24. The molecule has 0 saturated heterocycles. The first-order valence-corrected chi connectivity index (χ1v) is 8.92. The molecule has 0 atom stereocenters. The molecule has 0 bridgehead atoms. The van der Waals surface area contributed by atoms with E-state index in [1.807, 2.05) is 0 Å². The summed E-state index contributed by atoms with van der Waals surface area (Å²) < 4.78 is 32.1. The van der Waals surface area contributed by atoms with Gasteiger partial charge in [0.2, 0.25) is 0 Å². The summed E-state index contributed by atoms with van der Waals surface area (Å²) in [5.41, 5.74) is 5.00. The van der Waals surface area contributed by atoms with Crippen molar-refractivity contribution < 1.29 is 27.9 Å². The third kappa shape index (κ3) is 4.63. The van der Waals surface area contributed by atoms with E-state index >= 15 is 0 Å². The van der Waals surface area contributed by atoms with E-state index in [0.717, 1.165) is 18.2 Å². The number of rotatable bonds is 6. The normalized spacial score (nSPS) is 10.8. The molecule has 26 heavy (non-hydrogen) atoms. The van der Waals surface area contributed by atoms with Gasteiger partial charge in [0.1, 0.15) is 11.5 Å². The zero-order valence-corrected chi connectivity index (χ0v) is 14.5. The third-order valence-corrected chi connectivity index (χ3v) is 4.56. The van der Waals surface area contributed by atoms with Crippen LogP contribution in [-0.4, -0.2) is 32.1 Å². The van der Waals surface area contributed by atoms with Gasteiger partial charge in [-0.25, -0.2) is 13.2 Å². The highest BCUT2D eigenvalue weighted by Gasteiger charge is 2.18. The molecule has 2 aromatic rings. The third-order valence-electron chi connectivity index (χ3n) is 3.18. The zero-order chi connectivity index (χ0) is 19.3. The number of phenols is 1. The lowest BCUT2D eigenvalue weighted by atomic mass is 10.2. The van der Waals surface area contributed by atoms with Crippen molar-refractivity contribution in [1.29, 1.82) is 0 Å². The number of carbonyl (C=O) groups is 2. The van der Waals surface area contributed by atoms with Crippen LogP contribution in [0.15, 0.2) is 47.4 Å². The molecule has 0 aliphatic heterocycles. The van der Waals surface area contributed by atoms with Crippen LogP contribution >= 0.6 is 0 Å². The van der Waals surface area contributed by atoms with Crippen molar-refractivity contribution in [3.8, 4) is 11.5 Å². The molecule has 0 unspecified atom stereocenters. The summed E-state index contributed by atoms with van der Waals surface area (Å²) in [7, 11) is -4.02. The van der Waals surface area contributed by atoms with Gasteiger partial charge in [0.25, 0.3) is 15.9 Å². The molecule has 0 spiro atoms. The number of ether oxygens (including phenoxy) is 1. The maximum atomic E-state index is 12.4. The Kier molecular flexibility index (Phi) is 5.68. The minimum atomic E-state index is -4.02. The van der Waals surface area contributed by atoms with Crippen LogP contribution < -0.4 is 20.5 Å². The van der Waals surface area contributed by atoms with Crippen LogP contribution in [0.5, 0.6) is 11.5 Å². The zero-order valence-electron chi connectivity index (χ0n) is 13.7. The number of aromatic hydroxyl groups is 1. The number of benzene rings is 2. The van der Waals surface area contributed by atoms with E-state index in [-0.39, 0.29) is 21.9 Å². The van der Waals surface area contributed by atoms with Gasteiger partial charge >= 0.3 is 6.09 Å². The van der Waals surface area contributed by atoms with Gasteiger partial charge in [0.15, 0.2) is 0 Å². The Morgan fingerprint density at radius 1 is 1.15 bits per heavy atom. The van der Waals surface area contributed by atoms with E-state index in [9.17, 15) is 23.1 Å². The highest BCUT2D eigenvalue weighted by molar-refractivity contribution is 7.92. The van der Waals surface area contributed by atoms with E-state index < -0.39 is 27.8 Å². The fraction of sp³-hybridized carbons (Fsp3) is 0.125. The number of sulfonamides is 1. The smallest absolute Gasteiger partial charge is 0.412 e. The lowest BCUT2D eigenvalue weighted by Crippen LogP contribution is -2.26. The Bertz CT molecular complexity index is 926. The summed E-state index contributed by atoms with van der Waals surface area (Å²) in [5.74, 6) is -1.13. The Morgan fingerprint density at radius 2 is 1.81 bits per heavy atom. The van der Waals surface area contributed by atoms with Gasteiger partial charge in [-0.1, -0.05) is 0 Å². The molecule has 0 aliphatic rings. The predicted octanol–water partition coefficient (Wildman–Crippen LogP) is 1.40. The van der Waals surface area contributed by atoms with Crippen molar-refractivity contribution in [2.75, 3.05) is 11.3 Å². The minimum Gasteiger partial charge on any atom is -0.507 e. The molecule has 0 radical (unpaired) electrons. The number of nitrogens with two attached hydrogens (primary N) is 1. The fourth-order valence-electron chi connectivity index (χ4n) is 1.97. The van der Waals surface area contributed by atoms with Crippen molar-refractivity contribution in [2.45, 2.75) is 11.8 Å². The first-order valence-electron chi connectivity index (χ1n) is 7.44. The molecule has 0 aliphatic carbocycles. The molecule has 5 N–H and O–H groups in total. The summed E-state index contributed by atoms with van der Waals surface area (Å²) in [6.07, 6.45) is -0.621. The lowest BCUT2D eigenvalue weighted by Gasteiger charge is -2.10. The monoisotopic (exact) mass is 379 g/mol. The van der Waals surface area contributed by atoms with Crippen molar-refractivity contribution >= 4 is 27.7 Å². The maximum Gasteiger partial charge on any atom is 0.412 e. The van der Waals surface area contributed by atoms with Gasteiger partial charge < -0.3 is 20.9 Å². The molecule has 10 heteroatoms. The van der Waals surface area contributed by atoms with E-state index in [2.05, 4.69) is 10.0 Å². The summed E-state index contributed by atoms with van der Waals surface area (Å²) in [6.45, 7) is 2.16. The molecule has 0 fully saturated rings. The van der Waals surface area contributed by atoms with Crippen molar-refractivity contribution in [1.82, 2.24) is 5.32 Å². The molecule has 0 saturated carbocycles. The van der Waals surface area contributed by atoms with Gasteiger partial charge in [-0.05, 0) is 49.4 Å². The van der Waals surface area contributed by atoms with Crippen LogP contribution in [0.4, 0.5) is 10.5 Å². The van der Waals surface area contributed by atoms with Gasteiger partial charge in [-0.3, -0.25) is 9.52 Å². The molecular weight excluding hydrogens is 362 g/mol. The van der Waals surface area contributed by atoms with Crippen molar-refractivity contribution in [3.05, 3.63) is 48.0 Å². The average Bonchev–Trinajstić information content (AvgIpc) is 2.56. The Morgan fingerprint density at radius 3 is 2.38 bits per heavy atom. The number of hydrogen-bond acceptors (Lipinski definition) is 6. The molecular formula is C16H17N3O6S. The standard InChI is InChI=1S/C16H17N3O6S/c1-2-18-16(22)25-11-5-3-10(4-6-11)19-26(23,24)12-7-8-14(20)13(9-12)15(17)21/h3-9,19-20H,2H2,1H3,(H2,17,21)(H,18,22). The van der Waals surface area contributed by atoms with Crippen LogP contribution in [0.3, 0.4) is 0 Å². The van der Waals surface area contributed by atoms with E-state index in [0.29, 0.717) is 6.54 Å². The molecule has 9 nitrogen and oxygen atoms in total. The van der Waals surface area contributed by atoms with Crippen molar-refractivity contribution in [3.63, 3.8) is 0 Å². The fourth-order valence-corrected chi connectivity index (χ4v) is 3.06. The molecule has 2 amide bonds. The second kappa shape index (κ2) is 7.74. The number of amides is 2. The number of hydrogen-bond donors (Lipinski definition) is 4. The van der Waals surface area contributed by atoms with Crippen LogP contribution in [0.25, 0.3) is 0 Å². The average molecular weight is 379 g/mol. The molecule has 138 valence electrons. The quantitative estimate of drug-likeness (QED) is 0.596. The second-order valence-electron chi connectivity index (χ2n) is 5.09. The largest absolute Gasteiger partial charge is 0.507 e. The molecule has 2 aromatic carbocycles. The lowest BCUT2D eigenvalue weighted by molar-refractivity contribution is 0.0997. The van der Waals surface area contributed by atoms with Gasteiger partial charge in [-0.2, -0.15) is 0 Å². The maximum absolute atomic E-state index is 12.4. The van der Waals surface area contributed by atoms with Crippen LogP contribution in [0, 0.1) is 0 Å². The van der Waals surface area contributed by atoms with E-state index in [4.69, 9.17) is 10.5 Å². The van der Waals surface area contributed by atoms with Gasteiger partial charge in [0.05, 0.1) is 10.5 Å². The summed E-state index contributed by atoms with van der Waals surface area (Å²) in [5, 5.41) is 12.0. The number of primary amides is 1. The first kappa shape index (κ1) is 19.1. The topological polar surface area (TPSA) is 148 Å². The molecule has 2 rings (SSSR count). The van der Waals surface area contributed by atoms with Crippen LogP contribution in [-0.2, 0) is 10.0 Å². The summed E-state index contributed by atoms with van der Waals surface area (Å²) >= 11 is 0. The van der Waals surface area contributed by atoms with Gasteiger partial charge in [-0.15, -0.1) is 0 Å². The number of carbonyl (C=O) groups excluding carboxylic acids is 2. The van der Waals surface area contributed by atoms with E-state index in [1.54, 1.807) is 6.92 Å². The number of nitrogens with one attached hydrogen (secondary N) is 2. The van der Waals surface area contributed by atoms with Crippen LogP contribution in [0.2, 0.25) is 0 Å². The molecule has 0 heterocycles. The predicted molar refractivity (Wildman–Crippen MR) is 93.6 cm³/mol. The number of anilines is 1. The Hall–Kier alpha value is -3.27. The minimum absolute atomic E-state index is 0.210. The summed E-state index contributed by atoms with van der Waals surface area (Å²) in [6, 6.07) is 8.82. The van der Waals surface area contributed by atoms with E-state index in [1.165, 1.54) is 24.3 Å². The summed E-state index contributed by atoms with van der Waals surface area (Å²) in [4.78, 5) is 22.3. The Labute approximate surface area is 149 Å². The van der Waals surface area contributed by atoms with Crippen LogP contribution in [0.1, 0.15) is 17.3 Å². The van der Waals surface area contributed by atoms with Gasteiger partial charge in [0, 0.05) is 12.2 Å². The highest BCUT2D eigenvalue weighted by atomic mass is 32.2. The first-order chi connectivity index (χ1) is 12.2. The Balaban J connectivity index is 2.18. The second-order valence-corrected chi connectivity index (χ2v) is 6.78. The van der Waals surface area contributed by atoms with Crippen molar-refractivity contribution in [2.24, 2.45) is 5.73 Å².